The smallest absolute Gasteiger partial charge is 0.0487 e. The number of thiol groups is 1. The first kappa shape index (κ1) is 9.54. The molecular weight excluding hydrogens is 414 g/mol. The third kappa shape index (κ3) is 1.51. The average molecular weight is 418 g/mol. The van der Waals surface area contributed by atoms with Crippen LogP contribution in [0.4, 0.5) is 0 Å². The minimum Gasteiger partial charge on any atom is -0.143 e. The third-order valence-corrected chi connectivity index (χ3v) is 6.59. The van der Waals surface area contributed by atoms with Crippen LogP contribution in [-0.2, 0) is 0 Å². The molecule has 0 saturated carbocycles. The molecule has 0 unspecified atom stereocenters. The minimum absolute atomic E-state index is 1.12. The van der Waals surface area contributed by atoms with Crippen molar-refractivity contribution in [3.8, 4) is 0 Å². The van der Waals surface area contributed by atoms with Crippen molar-refractivity contribution in [2.75, 3.05) is 0 Å². The Balaban J connectivity index is 2.94. The van der Waals surface area contributed by atoms with E-state index in [9.17, 15) is 0 Å². The topological polar surface area (TPSA) is 0 Å². The van der Waals surface area contributed by atoms with E-state index in [0.717, 1.165) is 4.90 Å². The molecule has 0 aliphatic carbocycles. The van der Waals surface area contributed by atoms with Gasteiger partial charge in [-0.25, -0.2) is 0 Å². The van der Waals surface area contributed by atoms with E-state index >= 15 is 0 Å². The Morgan fingerprint density at radius 1 is 1.33 bits per heavy atom. The Hall–Kier alpha value is 0.990. The number of hydrogen-bond donors (Lipinski definition) is 1. The van der Waals surface area contributed by atoms with Gasteiger partial charge in [0.2, 0.25) is 0 Å². The number of rotatable bonds is 0. The minimum atomic E-state index is 1.12. The molecular formula is C8H4I2S2. The van der Waals surface area contributed by atoms with Crippen molar-refractivity contribution in [2.24, 2.45) is 0 Å². The molecule has 4 heteroatoms. The third-order valence-electron chi connectivity index (χ3n) is 1.61. The standard InChI is InChI=1S/C8H4I2S2/c9-5-3-4-1-2-12-8(4)7(11)6(5)10/h1-3,11H. The lowest BCUT2D eigenvalue weighted by atomic mass is 10.3. The van der Waals surface area contributed by atoms with Crippen LogP contribution in [0.2, 0.25) is 0 Å². The summed E-state index contributed by atoms with van der Waals surface area (Å²) in [5.74, 6) is 0. The van der Waals surface area contributed by atoms with Crippen molar-refractivity contribution < 1.29 is 0 Å². The molecule has 0 saturated heterocycles. The summed E-state index contributed by atoms with van der Waals surface area (Å²) in [7, 11) is 0. The summed E-state index contributed by atoms with van der Waals surface area (Å²) >= 11 is 10.9. The zero-order valence-corrected chi connectivity index (χ0v) is 11.9. The molecule has 1 aromatic carbocycles. The van der Waals surface area contributed by atoms with Crippen LogP contribution in [0.1, 0.15) is 0 Å². The fourth-order valence-electron chi connectivity index (χ4n) is 1.04. The molecule has 62 valence electrons. The summed E-state index contributed by atoms with van der Waals surface area (Å²) in [6.07, 6.45) is 0. The molecule has 0 aliphatic rings. The van der Waals surface area contributed by atoms with E-state index in [1.807, 2.05) is 0 Å². The molecule has 1 aromatic heterocycles. The second kappa shape index (κ2) is 3.62. The number of fused-ring (bicyclic) bond motifs is 1. The Kier molecular flexibility index (Phi) is 2.88. The number of halogens is 2. The van der Waals surface area contributed by atoms with Gasteiger partial charge >= 0.3 is 0 Å². The van der Waals surface area contributed by atoms with Gasteiger partial charge in [-0.3, -0.25) is 0 Å². The zero-order valence-electron chi connectivity index (χ0n) is 5.84. The van der Waals surface area contributed by atoms with E-state index in [2.05, 4.69) is 75.3 Å². The first-order valence-electron chi connectivity index (χ1n) is 3.24. The average Bonchev–Trinajstić information content (AvgIpc) is 2.48. The first-order chi connectivity index (χ1) is 5.70. The molecule has 0 fully saturated rings. The van der Waals surface area contributed by atoms with Crippen LogP contribution in [0.5, 0.6) is 0 Å². The predicted molar refractivity (Wildman–Crippen MR) is 74.5 cm³/mol. The molecule has 0 aliphatic heterocycles. The highest BCUT2D eigenvalue weighted by Gasteiger charge is 2.06. The van der Waals surface area contributed by atoms with Crippen LogP contribution in [0.25, 0.3) is 10.1 Å². The van der Waals surface area contributed by atoms with Gasteiger partial charge in [-0.2, -0.15) is 0 Å². The van der Waals surface area contributed by atoms with Gasteiger partial charge in [0.15, 0.2) is 0 Å². The molecule has 0 atom stereocenters. The first-order valence-corrected chi connectivity index (χ1v) is 6.73. The monoisotopic (exact) mass is 418 g/mol. The Bertz CT molecular complexity index is 434. The van der Waals surface area contributed by atoms with Crippen molar-refractivity contribution in [1.29, 1.82) is 0 Å². The van der Waals surface area contributed by atoms with Crippen LogP contribution in [-0.4, -0.2) is 0 Å². The van der Waals surface area contributed by atoms with Gasteiger partial charge in [0.1, 0.15) is 0 Å². The lowest BCUT2D eigenvalue weighted by Crippen LogP contribution is -1.81. The molecule has 0 nitrogen and oxygen atoms in total. The Morgan fingerprint density at radius 3 is 2.83 bits per heavy atom. The molecule has 12 heavy (non-hydrogen) atoms. The van der Waals surface area contributed by atoms with Gasteiger partial charge in [-0.15, -0.1) is 24.0 Å². The number of hydrogen-bond acceptors (Lipinski definition) is 2. The lowest BCUT2D eigenvalue weighted by Gasteiger charge is -2.01. The van der Waals surface area contributed by atoms with Crippen LogP contribution >= 0.6 is 69.1 Å². The van der Waals surface area contributed by atoms with Gasteiger partial charge in [-0.1, -0.05) is 0 Å². The fourth-order valence-corrected chi connectivity index (χ4v) is 3.70. The van der Waals surface area contributed by atoms with E-state index in [1.165, 1.54) is 17.2 Å². The Labute approximate surface area is 107 Å². The maximum Gasteiger partial charge on any atom is 0.0487 e. The molecule has 1 heterocycles. The predicted octanol–water partition coefficient (Wildman–Crippen LogP) is 4.40. The van der Waals surface area contributed by atoms with Crippen LogP contribution in [0.3, 0.4) is 0 Å². The highest BCUT2D eigenvalue weighted by Crippen LogP contribution is 2.34. The zero-order chi connectivity index (χ0) is 8.72. The summed E-state index contributed by atoms with van der Waals surface area (Å²) in [4.78, 5) is 1.12. The van der Waals surface area contributed by atoms with E-state index < -0.39 is 0 Å². The molecule has 0 bridgehead atoms. The molecule has 0 amide bonds. The van der Waals surface area contributed by atoms with Crippen molar-refractivity contribution in [1.82, 2.24) is 0 Å². The van der Waals surface area contributed by atoms with Crippen molar-refractivity contribution in [3.63, 3.8) is 0 Å². The lowest BCUT2D eigenvalue weighted by molar-refractivity contribution is 1.48. The van der Waals surface area contributed by atoms with Crippen LogP contribution < -0.4 is 0 Å². The Morgan fingerprint density at radius 2 is 2.08 bits per heavy atom. The largest absolute Gasteiger partial charge is 0.143 e. The van der Waals surface area contributed by atoms with Gasteiger partial charge in [0.25, 0.3) is 0 Å². The maximum atomic E-state index is 4.50. The molecule has 0 N–H and O–H groups in total. The molecule has 0 spiro atoms. The molecule has 2 aromatic rings. The highest BCUT2D eigenvalue weighted by molar-refractivity contribution is 14.1. The van der Waals surface area contributed by atoms with E-state index in [4.69, 9.17) is 0 Å². The summed E-state index contributed by atoms with van der Waals surface area (Å²) in [6.45, 7) is 0. The SMILES string of the molecule is Sc1c(I)c(I)cc2ccsc12. The van der Waals surface area contributed by atoms with Crippen molar-refractivity contribution in [2.45, 2.75) is 4.90 Å². The van der Waals surface area contributed by atoms with E-state index in [1.54, 1.807) is 11.3 Å². The summed E-state index contributed by atoms with van der Waals surface area (Å²) in [5, 5.41) is 3.41. The van der Waals surface area contributed by atoms with E-state index in [0.29, 0.717) is 0 Å². The summed E-state index contributed by atoms with van der Waals surface area (Å²) in [6, 6.07) is 4.34. The van der Waals surface area contributed by atoms with Crippen LogP contribution in [0, 0.1) is 7.14 Å². The fraction of sp³-hybridized carbons (Fsp3) is 0. The second-order valence-corrected chi connectivity index (χ2v) is 5.96. The molecule has 2 rings (SSSR count). The normalized spacial score (nSPS) is 10.9. The molecule has 0 radical (unpaired) electrons. The number of thiophene rings is 1. The summed E-state index contributed by atoms with van der Waals surface area (Å²) < 4.78 is 3.83. The van der Waals surface area contributed by atoms with Gasteiger partial charge < -0.3 is 0 Å². The van der Waals surface area contributed by atoms with Crippen LogP contribution in [0.15, 0.2) is 22.4 Å². The van der Waals surface area contributed by atoms with E-state index in [-0.39, 0.29) is 0 Å². The van der Waals surface area contributed by atoms with Crippen molar-refractivity contribution in [3.05, 3.63) is 24.7 Å². The van der Waals surface area contributed by atoms with Crippen molar-refractivity contribution >= 4 is 79.2 Å². The summed E-state index contributed by atoms with van der Waals surface area (Å²) in [5.41, 5.74) is 0. The van der Waals surface area contributed by atoms with Gasteiger partial charge in [-0.05, 0) is 68.1 Å². The van der Waals surface area contributed by atoms with Gasteiger partial charge in [0, 0.05) is 16.7 Å². The number of benzene rings is 1. The van der Waals surface area contributed by atoms with Gasteiger partial charge in [0.05, 0.1) is 0 Å². The second-order valence-electron chi connectivity index (χ2n) is 2.36. The quantitative estimate of drug-likeness (QED) is 0.476. The maximum absolute atomic E-state index is 4.50. The highest BCUT2D eigenvalue weighted by atomic mass is 127.